The first-order valence-corrected chi connectivity index (χ1v) is 6.46. The van der Waals surface area contributed by atoms with Gasteiger partial charge in [0.15, 0.2) is 0 Å². The van der Waals surface area contributed by atoms with Crippen LogP contribution in [-0.4, -0.2) is 17.0 Å². The van der Waals surface area contributed by atoms with E-state index in [0.29, 0.717) is 16.3 Å². The molecule has 0 aliphatic carbocycles. The summed E-state index contributed by atoms with van der Waals surface area (Å²) in [5, 5.41) is 12.1. The molecule has 21 heavy (non-hydrogen) atoms. The molecule has 4 N–H and O–H groups in total. The van der Waals surface area contributed by atoms with E-state index in [4.69, 9.17) is 22.4 Å². The highest BCUT2D eigenvalue weighted by Crippen LogP contribution is 2.21. The Labute approximate surface area is 126 Å². The Bertz CT molecular complexity index is 709. The van der Waals surface area contributed by atoms with Crippen LogP contribution in [-0.2, 0) is 0 Å². The number of amides is 1. The van der Waals surface area contributed by atoms with Crippen LogP contribution in [0.5, 0.6) is 0 Å². The van der Waals surface area contributed by atoms with Gasteiger partial charge in [-0.05, 0) is 48.9 Å². The number of aryl methyl sites for hydroxylation is 1. The van der Waals surface area contributed by atoms with Crippen molar-refractivity contribution in [1.29, 1.82) is 0 Å². The number of carboxylic acid groups (broad SMARTS) is 1. The Kier molecular flexibility index (Phi) is 4.14. The van der Waals surface area contributed by atoms with E-state index < -0.39 is 11.9 Å². The first kappa shape index (κ1) is 14.9. The average molecular weight is 305 g/mol. The fourth-order valence-corrected chi connectivity index (χ4v) is 2.20. The van der Waals surface area contributed by atoms with Gasteiger partial charge in [0.2, 0.25) is 0 Å². The number of hydrogen-bond acceptors (Lipinski definition) is 3. The Morgan fingerprint density at radius 1 is 1.19 bits per heavy atom. The number of nitrogen functional groups attached to an aromatic ring is 1. The number of aromatic carboxylic acids is 1. The van der Waals surface area contributed by atoms with Gasteiger partial charge in [0, 0.05) is 16.3 Å². The highest BCUT2D eigenvalue weighted by Gasteiger charge is 2.14. The third-order valence-corrected chi connectivity index (χ3v) is 3.04. The standard InChI is InChI=1S/C15H13ClN2O3/c1-8-4-9(6-10(16)5-8)14(19)18-13-7-11(17)2-3-12(13)15(20)21/h2-7H,17H2,1H3,(H,18,19)(H,20,21). The molecule has 5 nitrogen and oxygen atoms in total. The maximum atomic E-state index is 12.2. The molecule has 0 unspecified atom stereocenters. The number of rotatable bonds is 3. The summed E-state index contributed by atoms with van der Waals surface area (Å²) in [5.41, 5.74) is 7.27. The van der Waals surface area contributed by atoms with Crippen LogP contribution in [0.15, 0.2) is 36.4 Å². The zero-order chi connectivity index (χ0) is 15.6. The molecule has 1 amide bonds. The summed E-state index contributed by atoms with van der Waals surface area (Å²) in [6, 6.07) is 9.10. The molecule has 0 aliphatic rings. The molecule has 0 saturated heterocycles. The molecule has 0 atom stereocenters. The van der Waals surface area contributed by atoms with Gasteiger partial charge in [-0.3, -0.25) is 4.79 Å². The minimum atomic E-state index is -1.15. The van der Waals surface area contributed by atoms with E-state index in [1.807, 2.05) is 6.92 Å². The van der Waals surface area contributed by atoms with E-state index in [0.717, 1.165) is 5.56 Å². The van der Waals surface area contributed by atoms with Gasteiger partial charge in [-0.25, -0.2) is 4.79 Å². The van der Waals surface area contributed by atoms with E-state index in [9.17, 15) is 9.59 Å². The van der Waals surface area contributed by atoms with Gasteiger partial charge < -0.3 is 16.2 Å². The molecule has 0 aliphatic heterocycles. The normalized spacial score (nSPS) is 10.2. The molecule has 0 radical (unpaired) electrons. The van der Waals surface area contributed by atoms with Crippen molar-refractivity contribution in [2.24, 2.45) is 0 Å². The first-order chi connectivity index (χ1) is 9.86. The van der Waals surface area contributed by atoms with Gasteiger partial charge in [0.05, 0.1) is 11.3 Å². The van der Waals surface area contributed by atoms with Gasteiger partial charge in [0.1, 0.15) is 0 Å². The van der Waals surface area contributed by atoms with Crippen molar-refractivity contribution in [3.63, 3.8) is 0 Å². The van der Waals surface area contributed by atoms with Gasteiger partial charge in [0.25, 0.3) is 5.91 Å². The topological polar surface area (TPSA) is 92.4 Å². The first-order valence-electron chi connectivity index (χ1n) is 6.08. The SMILES string of the molecule is Cc1cc(Cl)cc(C(=O)Nc2cc(N)ccc2C(=O)O)c1. The molecule has 2 rings (SSSR count). The molecule has 0 fully saturated rings. The van der Waals surface area contributed by atoms with Crippen molar-refractivity contribution in [1.82, 2.24) is 0 Å². The summed E-state index contributed by atoms with van der Waals surface area (Å²) in [5.74, 6) is -1.60. The molecule has 6 heteroatoms. The summed E-state index contributed by atoms with van der Waals surface area (Å²) in [6.45, 7) is 1.81. The Hall–Kier alpha value is -2.53. The number of anilines is 2. The molecule has 2 aromatic carbocycles. The Morgan fingerprint density at radius 2 is 1.90 bits per heavy atom. The minimum absolute atomic E-state index is 0.0312. The van der Waals surface area contributed by atoms with Gasteiger partial charge >= 0.3 is 5.97 Å². The highest BCUT2D eigenvalue weighted by atomic mass is 35.5. The van der Waals surface area contributed by atoms with Crippen molar-refractivity contribution in [2.45, 2.75) is 6.92 Å². The predicted octanol–water partition coefficient (Wildman–Crippen LogP) is 3.18. The zero-order valence-corrected chi connectivity index (χ0v) is 11.9. The Morgan fingerprint density at radius 3 is 2.52 bits per heavy atom. The number of halogens is 1. The molecular weight excluding hydrogens is 292 g/mol. The molecular formula is C15H13ClN2O3. The minimum Gasteiger partial charge on any atom is -0.478 e. The van der Waals surface area contributed by atoms with E-state index in [1.165, 1.54) is 24.3 Å². The number of nitrogens with one attached hydrogen (secondary N) is 1. The average Bonchev–Trinajstić information content (AvgIpc) is 2.37. The highest BCUT2D eigenvalue weighted by molar-refractivity contribution is 6.31. The van der Waals surface area contributed by atoms with Crippen molar-refractivity contribution < 1.29 is 14.7 Å². The van der Waals surface area contributed by atoms with E-state index in [1.54, 1.807) is 12.1 Å². The molecule has 2 aromatic rings. The van der Waals surface area contributed by atoms with Crippen LogP contribution in [0, 0.1) is 6.92 Å². The molecule has 0 heterocycles. The summed E-state index contributed by atoms with van der Waals surface area (Å²) in [6.07, 6.45) is 0. The largest absolute Gasteiger partial charge is 0.478 e. The molecule has 0 saturated carbocycles. The lowest BCUT2D eigenvalue weighted by Gasteiger charge is -2.10. The van der Waals surface area contributed by atoms with Crippen molar-refractivity contribution in [3.8, 4) is 0 Å². The summed E-state index contributed by atoms with van der Waals surface area (Å²) >= 11 is 5.91. The maximum absolute atomic E-state index is 12.2. The second-order valence-electron chi connectivity index (χ2n) is 4.58. The predicted molar refractivity (Wildman–Crippen MR) is 82.0 cm³/mol. The second-order valence-corrected chi connectivity index (χ2v) is 5.02. The molecule has 0 bridgehead atoms. The Balaban J connectivity index is 2.35. The second kappa shape index (κ2) is 5.85. The number of nitrogens with two attached hydrogens (primary N) is 1. The van der Waals surface area contributed by atoms with Crippen LogP contribution in [0.3, 0.4) is 0 Å². The molecule has 0 aromatic heterocycles. The van der Waals surface area contributed by atoms with Crippen LogP contribution < -0.4 is 11.1 Å². The number of hydrogen-bond donors (Lipinski definition) is 3. The lowest BCUT2D eigenvalue weighted by Crippen LogP contribution is -2.15. The van der Waals surface area contributed by atoms with Gasteiger partial charge in [-0.2, -0.15) is 0 Å². The van der Waals surface area contributed by atoms with Crippen LogP contribution >= 0.6 is 11.6 Å². The monoisotopic (exact) mass is 304 g/mol. The third kappa shape index (κ3) is 3.52. The van der Waals surface area contributed by atoms with E-state index in [2.05, 4.69) is 5.32 Å². The lowest BCUT2D eigenvalue weighted by atomic mass is 10.1. The van der Waals surface area contributed by atoms with Crippen LogP contribution in [0.1, 0.15) is 26.3 Å². The lowest BCUT2D eigenvalue weighted by molar-refractivity contribution is 0.0698. The summed E-state index contributed by atoms with van der Waals surface area (Å²) in [7, 11) is 0. The number of carbonyl (C=O) groups excluding carboxylic acids is 1. The van der Waals surface area contributed by atoms with Gasteiger partial charge in [-0.15, -0.1) is 0 Å². The van der Waals surface area contributed by atoms with Crippen LogP contribution in [0.4, 0.5) is 11.4 Å². The molecule has 108 valence electrons. The maximum Gasteiger partial charge on any atom is 0.337 e. The van der Waals surface area contributed by atoms with Crippen LogP contribution in [0.2, 0.25) is 5.02 Å². The molecule has 0 spiro atoms. The van der Waals surface area contributed by atoms with Crippen molar-refractivity contribution in [2.75, 3.05) is 11.1 Å². The number of carbonyl (C=O) groups is 2. The smallest absolute Gasteiger partial charge is 0.337 e. The quantitative estimate of drug-likeness (QED) is 0.759. The zero-order valence-electron chi connectivity index (χ0n) is 11.2. The van der Waals surface area contributed by atoms with E-state index in [-0.39, 0.29) is 11.3 Å². The van der Waals surface area contributed by atoms with E-state index >= 15 is 0 Å². The fraction of sp³-hybridized carbons (Fsp3) is 0.0667. The van der Waals surface area contributed by atoms with Crippen LogP contribution in [0.25, 0.3) is 0 Å². The third-order valence-electron chi connectivity index (χ3n) is 2.83. The summed E-state index contributed by atoms with van der Waals surface area (Å²) in [4.78, 5) is 23.3. The number of benzene rings is 2. The fourth-order valence-electron chi connectivity index (χ4n) is 1.91. The summed E-state index contributed by atoms with van der Waals surface area (Å²) < 4.78 is 0. The van der Waals surface area contributed by atoms with Gasteiger partial charge in [-0.1, -0.05) is 11.6 Å². The van der Waals surface area contributed by atoms with Crippen molar-refractivity contribution in [3.05, 3.63) is 58.1 Å². The van der Waals surface area contributed by atoms with Crippen molar-refractivity contribution >= 4 is 34.9 Å². The number of carboxylic acids is 1.